The minimum Gasteiger partial charge on any atom is -0.368 e. The van der Waals surface area contributed by atoms with Crippen LogP contribution < -0.4 is 4.90 Å². The third-order valence-corrected chi connectivity index (χ3v) is 6.11. The van der Waals surface area contributed by atoms with Crippen LogP contribution >= 0.6 is 22.9 Å². The fraction of sp³-hybridized carbons (Fsp3) is 0.300. The Morgan fingerprint density at radius 3 is 2.50 bits per heavy atom. The van der Waals surface area contributed by atoms with E-state index in [0.717, 1.165) is 39.2 Å². The zero-order valence-corrected chi connectivity index (χ0v) is 17.0. The van der Waals surface area contributed by atoms with Crippen molar-refractivity contribution >= 4 is 34.5 Å². The molecule has 0 spiro atoms. The fourth-order valence-corrected chi connectivity index (χ4v) is 4.48. The van der Waals surface area contributed by atoms with Crippen LogP contribution in [-0.2, 0) is 11.3 Å². The lowest BCUT2D eigenvalue weighted by Crippen LogP contribution is -2.49. The molecule has 5 nitrogen and oxygen atoms in total. The maximum absolute atomic E-state index is 13.1. The van der Waals surface area contributed by atoms with Crippen molar-refractivity contribution in [3.8, 4) is 10.6 Å². The molecular weight excluding hydrogens is 399 g/mol. The SMILES string of the molecule is Cc1cn(CC(=O)N2CCN(c3ccc(F)cc3)CC2)nc1-c1ccc(Cl)s1. The number of aromatic nitrogens is 2. The zero-order chi connectivity index (χ0) is 19.7. The molecule has 0 saturated carbocycles. The summed E-state index contributed by atoms with van der Waals surface area (Å²) in [6.07, 6.45) is 1.90. The lowest BCUT2D eigenvalue weighted by Gasteiger charge is -2.36. The van der Waals surface area contributed by atoms with Gasteiger partial charge in [0.05, 0.1) is 9.21 Å². The maximum atomic E-state index is 13.1. The number of halogens is 2. The van der Waals surface area contributed by atoms with Gasteiger partial charge in [-0.2, -0.15) is 5.10 Å². The number of benzene rings is 1. The van der Waals surface area contributed by atoms with Gasteiger partial charge in [0.1, 0.15) is 18.1 Å². The molecule has 1 saturated heterocycles. The van der Waals surface area contributed by atoms with Crippen molar-refractivity contribution in [1.82, 2.24) is 14.7 Å². The number of rotatable bonds is 4. The van der Waals surface area contributed by atoms with E-state index in [1.807, 2.05) is 30.2 Å². The minimum absolute atomic E-state index is 0.0528. The van der Waals surface area contributed by atoms with Gasteiger partial charge in [0.25, 0.3) is 0 Å². The molecular formula is C20H20ClFN4OS. The van der Waals surface area contributed by atoms with E-state index in [9.17, 15) is 9.18 Å². The van der Waals surface area contributed by atoms with Gasteiger partial charge in [-0.05, 0) is 48.9 Å². The Bertz CT molecular complexity index is 977. The highest BCUT2D eigenvalue weighted by molar-refractivity contribution is 7.19. The number of carbonyl (C=O) groups is 1. The van der Waals surface area contributed by atoms with E-state index < -0.39 is 0 Å². The van der Waals surface area contributed by atoms with E-state index in [2.05, 4.69) is 10.00 Å². The zero-order valence-electron chi connectivity index (χ0n) is 15.4. The largest absolute Gasteiger partial charge is 0.368 e. The summed E-state index contributed by atoms with van der Waals surface area (Å²) in [5, 5.41) is 4.57. The van der Waals surface area contributed by atoms with Gasteiger partial charge in [-0.1, -0.05) is 11.6 Å². The van der Waals surface area contributed by atoms with E-state index in [1.165, 1.54) is 23.5 Å². The molecule has 0 atom stereocenters. The monoisotopic (exact) mass is 418 g/mol. The normalized spacial score (nSPS) is 14.5. The first-order chi connectivity index (χ1) is 13.5. The molecule has 2 aromatic heterocycles. The summed E-state index contributed by atoms with van der Waals surface area (Å²) in [6.45, 7) is 4.95. The predicted octanol–water partition coefficient (Wildman–Crippen LogP) is 4.06. The van der Waals surface area contributed by atoms with Crippen LogP contribution in [0.4, 0.5) is 10.1 Å². The maximum Gasteiger partial charge on any atom is 0.244 e. The number of carbonyl (C=O) groups excluding carboxylic acids is 1. The number of aryl methyl sites for hydroxylation is 1. The van der Waals surface area contributed by atoms with Gasteiger partial charge in [0.2, 0.25) is 5.91 Å². The molecule has 146 valence electrons. The Kier molecular flexibility index (Phi) is 5.37. The smallest absolute Gasteiger partial charge is 0.244 e. The van der Waals surface area contributed by atoms with Crippen molar-refractivity contribution in [3.05, 3.63) is 58.3 Å². The summed E-state index contributed by atoms with van der Waals surface area (Å²) >= 11 is 7.50. The van der Waals surface area contributed by atoms with E-state index in [0.29, 0.717) is 13.1 Å². The summed E-state index contributed by atoms with van der Waals surface area (Å²) in [5.74, 6) is -0.187. The Labute approximate surface area is 171 Å². The van der Waals surface area contributed by atoms with Gasteiger partial charge in [-0.3, -0.25) is 9.48 Å². The topological polar surface area (TPSA) is 41.4 Å². The first-order valence-electron chi connectivity index (χ1n) is 9.07. The molecule has 3 aromatic rings. The summed E-state index contributed by atoms with van der Waals surface area (Å²) in [7, 11) is 0. The molecule has 28 heavy (non-hydrogen) atoms. The minimum atomic E-state index is -0.240. The molecule has 3 heterocycles. The fourth-order valence-electron chi connectivity index (χ4n) is 3.39. The van der Waals surface area contributed by atoms with Crippen molar-refractivity contribution in [2.24, 2.45) is 0 Å². The molecule has 1 aliphatic heterocycles. The number of thiophene rings is 1. The summed E-state index contributed by atoms with van der Waals surface area (Å²) < 4.78 is 15.5. The number of amides is 1. The highest BCUT2D eigenvalue weighted by atomic mass is 35.5. The molecule has 0 radical (unpaired) electrons. The quantitative estimate of drug-likeness (QED) is 0.641. The van der Waals surface area contributed by atoms with Crippen molar-refractivity contribution < 1.29 is 9.18 Å². The average Bonchev–Trinajstić information content (AvgIpc) is 3.27. The first-order valence-corrected chi connectivity index (χ1v) is 10.3. The number of hydrogen-bond donors (Lipinski definition) is 0. The standard InChI is InChI=1S/C20H20ClFN4OS/c1-14-12-26(23-20(14)17-6-7-18(21)28-17)13-19(27)25-10-8-24(9-11-25)16-4-2-15(22)3-5-16/h2-7,12H,8-11,13H2,1H3. The predicted molar refractivity (Wildman–Crippen MR) is 110 cm³/mol. The van der Waals surface area contributed by atoms with E-state index in [-0.39, 0.29) is 18.3 Å². The number of nitrogens with zero attached hydrogens (tertiary/aromatic N) is 4. The number of anilines is 1. The Morgan fingerprint density at radius 1 is 1.14 bits per heavy atom. The second-order valence-corrected chi connectivity index (χ2v) is 8.52. The lowest BCUT2D eigenvalue weighted by molar-refractivity contribution is -0.132. The van der Waals surface area contributed by atoms with Crippen LogP contribution in [-0.4, -0.2) is 46.8 Å². The van der Waals surface area contributed by atoms with Crippen LogP contribution in [0.1, 0.15) is 5.56 Å². The Morgan fingerprint density at radius 2 is 1.86 bits per heavy atom. The van der Waals surface area contributed by atoms with Gasteiger partial charge < -0.3 is 9.80 Å². The molecule has 0 N–H and O–H groups in total. The van der Waals surface area contributed by atoms with Crippen molar-refractivity contribution in [1.29, 1.82) is 0 Å². The van der Waals surface area contributed by atoms with Crippen LogP contribution in [0.3, 0.4) is 0 Å². The van der Waals surface area contributed by atoms with Gasteiger partial charge in [0, 0.05) is 38.1 Å². The summed E-state index contributed by atoms with van der Waals surface area (Å²) in [5.41, 5.74) is 2.87. The van der Waals surface area contributed by atoms with Crippen LogP contribution in [0.5, 0.6) is 0 Å². The van der Waals surface area contributed by atoms with E-state index >= 15 is 0 Å². The van der Waals surface area contributed by atoms with Gasteiger partial charge >= 0.3 is 0 Å². The Balaban J connectivity index is 1.37. The van der Waals surface area contributed by atoms with Crippen LogP contribution in [0.25, 0.3) is 10.6 Å². The Hall–Kier alpha value is -2.38. The van der Waals surface area contributed by atoms with Gasteiger partial charge in [0.15, 0.2) is 0 Å². The molecule has 0 unspecified atom stereocenters. The van der Waals surface area contributed by atoms with Gasteiger partial charge in [-0.25, -0.2) is 4.39 Å². The van der Waals surface area contributed by atoms with Crippen molar-refractivity contribution in [3.63, 3.8) is 0 Å². The van der Waals surface area contributed by atoms with Gasteiger partial charge in [-0.15, -0.1) is 11.3 Å². The third kappa shape index (κ3) is 4.05. The van der Waals surface area contributed by atoms with Crippen LogP contribution in [0.15, 0.2) is 42.6 Å². The van der Waals surface area contributed by atoms with Crippen LogP contribution in [0, 0.1) is 12.7 Å². The third-order valence-electron chi connectivity index (χ3n) is 4.87. The second kappa shape index (κ2) is 7.93. The second-order valence-electron chi connectivity index (χ2n) is 6.81. The van der Waals surface area contributed by atoms with E-state index in [1.54, 1.807) is 16.8 Å². The molecule has 0 aliphatic carbocycles. The molecule has 1 fully saturated rings. The number of piperazine rings is 1. The van der Waals surface area contributed by atoms with E-state index in [4.69, 9.17) is 11.6 Å². The van der Waals surface area contributed by atoms with Crippen molar-refractivity contribution in [2.45, 2.75) is 13.5 Å². The highest BCUT2D eigenvalue weighted by Gasteiger charge is 2.22. The molecule has 0 bridgehead atoms. The molecule has 1 aromatic carbocycles. The number of hydrogen-bond acceptors (Lipinski definition) is 4. The molecule has 4 rings (SSSR count). The molecule has 8 heteroatoms. The van der Waals surface area contributed by atoms with Crippen molar-refractivity contribution in [2.75, 3.05) is 31.1 Å². The first kappa shape index (κ1) is 19.0. The summed E-state index contributed by atoms with van der Waals surface area (Å²) in [4.78, 5) is 17.7. The highest BCUT2D eigenvalue weighted by Crippen LogP contribution is 2.31. The molecule has 1 amide bonds. The molecule has 1 aliphatic rings. The lowest BCUT2D eigenvalue weighted by atomic mass is 10.2. The summed E-state index contributed by atoms with van der Waals surface area (Å²) in [6, 6.07) is 10.3. The van der Waals surface area contributed by atoms with Crippen LogP contribution in [0.2, 0.25) is 4.34 Å². The average molecular weight is 419 g/mol.